The maximum atomic E-state index is 12.8. The first-order valence-corrected chi connectivity index (χ1v) is 10.5. The number of aromatic nitrogens is 3. The fourth-order valence-corrected chi connectivity index (χ4v) is 4.14. The highest BCUT2D eigenvalue weighted by Gasteiger charge is 2.26. The van der Waals surface area contributed by atoms with Crippen LogP contribution in [0.1, 0.15) is 18.7 Å². The van der Waals surface area contributed by atoms with Gasteiger partial charge >= 0.3 is 11.7 Å². The van der Waals surface area contributed by atoms with Crippen LogP contribution in [0, 0.1) is 5.92 Å². The van der Waals surface area contributed by atoms with E-state index in [4.69, 9.17) is 16.3 Å². The van der Waals surface area contributed by atoms with Crippen molar-refractivity contribution in [1.82, 2.24) is 19.7 Å². The van der Waals surface area contributed by atoms with Crippen LogP contribution >= 0.6 is 11.6 Å². The molecule has 1 aliphatic heterocycles. The number of urea groups is 1. The normalized spacial score (nSPS) is 16.2. The molecule has 1 fully saturated rings. The van der Waals surface area contributed by atoms with Crippen molar-refractivity contribution in [2.45, 2.75) is 19.3 Å². The molecule has 9 heteroatoms. The molecule has 1 aliphatic rings. The molecule has 0 spiro atoms. The number of para-hydroxylation sites is 3. The number of benzene rings is 2. The molecule has 2 amide bonds. The summed E-state index contributed by atoms with van der Waals surface area (Å²) in [5.41, 5.74) is 0.917. The Morgan fingerprint density at radius 2 is 2.03 bits per heavy atom. The molecule has 0 bridgehead atoms. The number of carbonyl (C=O) groups excluding carboxylic acids is 1. The molecule has 8 nitrogen and oxygen atoms in total. The number of nitrogens with zero attached hydrogens (tertiary/aromatic N) is 3. The van der Waals surface area contributed by atoms with E-state index in [0.717, 1.165) is 12.8 Å². The van der Waals surface area contributed by atoms with Gasteiger partial charge in [0.1, 0.15) is 11.6 Å². The summed E-state index contributed by atoms with van der Waals surface area (Å²) in [4.78, 5) is 27.0. The highest BCUT2D eigenvalue weighted by Crippen LogP contribution is 2.26. The van der Waals surface area contributed by atoms with Gasteiger partial charge in [-0.1, -0.05) is 35.9 Å². The first-order chi connectivity index (χ1) is 15.1. The van der Waals surface area contributed by atoms with Crippen LogP contribution in [0.4, 0.5) is 10.5 Å². The minimum Gasteiger partial charge on any atom is -0.495 e. The molecule has 3 aromatic rings. The lowest BCUT2D eigenvalue weighted by Gasteiger charge is -2.32. The smallest absolute Gasteiger partial charge is 0.348 e. The van der Waals surface area contributed by atoms with Crippen molar-refractivity contribution in [3.8, 4) is 11.4 Å². The molecule has 31 heavy (non-hydrogen) atoms. The number of H-pyrrole nitrogens is 1. The zero-order valence-electron chi connectivity index (χ0n) is 17.2. The number of hydrogen-bond acceptors (Lipinski definition) is 4. The van der Waals surface area contributed by atoms with Crippen molar-refractivity contribution in [1.29, 1.82) is 0 Å². The monoisotopic (exact) mass is 441 g/mol. The average Bonchev–Trinajstić information content (AvgIpc) is 3.15. The molecule has 1 atom stereocenters. The largest absolute Gasteiger partial charge is 0.495 e. The van der Waals surface area contributed by atoms with Gasteiger partial charge in [0.25, 0.3) is 0 Å². The number of piperidine rings is 1. The topological polar surface area (TPSA) is 92.2 Å². The van der Waals surface area contributed by atoms with E-state index < -0.39 is 0 Å². The molecule has 2 heterocycles. The summed E-state index contributed by atoms with van der Waals surface area (Å²) in [6.07, 6.45) is 2.39. The number of carbonyl (C=O) groups is 1. The Morgan fingerprint density at radius 3 is 2.84 bits per heavy atom. The third-order valence-electron chi connectivity index (χ3n) is 5.46. The van der Waals surface area contributed by atoms with Gasteiger partial charge in [-0.15, -0.1) is 0 Å². The van der Waals surface area contributed by atoms with Crippen LogP contribution < -0.4 is 15.7 Å². The Morgan fingerprint density at radius 1 is 1.26 bits per heavy atom. The van der Waals surface area contributed by atoms with Crippen molar-refractivity contribution in [2.75, 3.05) is 25.5 Å². The molecule has 2 N–H and O–H groups in total. The van der Waals surface area contributed by atoms with Gasteiger partial charge in [-0.05, 0) is 43.0 Å². The Bertz CT molecular complexity index is 1130. The van der Waals surface area contributed by atoms with Crippen LogP contribution in [0.5, 0.6) is 5.75 Å². The predicted molar refractivity (Wildman–Crippen MR) is 119 cm³/mol. The van der Waals surface area contributed by atoms with Crippen molar-refractivity contribution in [3.63, 3.8) is 0 Å². The number of rotatable bonds is 5. The van der Waals surface area contributed by atoms with Crippen LogP contribution in [-0.4, -0.2) is 45.9 Å². The number of anilines is 1. The average molecular weight is 442 g/mol. The summed E-state index contributed by atoms with van der Waals surface area (Å²) in [7, 11) is 1.57. The van der Waals surface area contributed by atoms with Gasteiger partial charge in [-0.3, -0.25) is 0 Å². The number of hydrogen-bond donors (Lipinski definition) is 2. The van der Waals surface area contributed by atoms with Gasteiger partial charge in [0.15, 0.2) is 0 Å². The Labute approximate surface area is 184 Å². The SMILES string of the molecule is COc1ccccc1-n1c(C[C@@H]2CCCN(C(=O)Nc3ccccc3Cl)C2)n[nH]c1=O. The quantitative estimate of drug-likeness (QED) is 0.631. The number of aromatic amines is 1. The second-order valence-electron chi connectivity index (χ2n) is 7.52. The van der Waals surface area contributed by atoms with E-state index >= 15 is 0 Å². The maximum absolute atomic E-state index is 12.8. The molecule has 0 unspecified atom stereocenters. The molecule has 1 aromatic heterocycles. The number of methoxy groups -OCH3 is 1. The Kier molecular flexibility index (Phi) is 6.27. The summed E-state index contributed by atoms with van der Waals surface area (Å²) in [6, 6.07) is 14.3. The van der Waals surface area contributed by atoms with Crippen LogP contribution in [0.15, 0.2) is 53.3 Å². The minimum absolute atomic E-state index is 0.175. The van der Waals surface area contributed by atoms with Crippen molar-refractivity contribution >= 4 is 23.3 Å². The molecular formula is C22H24ClN5O3. The lowest BCUT2D eigenvalue weighted by molar-refractivity contribution is 0.176. The van der Waals surface area contributed by atoms with Crippen molar-refractivity contribution in [3.05, 3.63) is 69.9 Å². The van der Waals surface area contributed by atoms with Crippen molar-refractivity contribution in [2.24, 2.45) is 5.92 Å². The van der Waals surface area contributed by atoms with E-state index in [0.29, 0.717) is 47.5 Å². The third-order valence-corrected chi connectivity index (χ3v) is 5.79. The maximum Gasteiger partial charge on any atom is 0.348 e. The van der Waals surface area contributed by atoms with Gasteiger partial charge in [-0.25, -0.2) is 19.3 Å². The van der Waals surface area contributed by atoms with E-state index in [1.807, 2.05) is 30.3 Å². The van der Waals surface area contributed by atoms with Gasteiger partial charge in [0, 0.05) is 19.5 Å². The Hall–Kier alpha value is -3.26. The summed E-state index contributed by atoms with van der Waals surface area (Å²) in [5, 5.41) is 10.2. The van der Waals surface area contributed by atoms with Gasteiger partial charge in [0.05, 0.1) is 23.5 Å². The molecule has 0 aliphatic carbocycles. The fraction of sp³-hybridized carbons (Fsp3) is 0.318. The van der Waals surface area contributed by atoms with Crippen LogP contribution in [0.3, 0.4) is 0 Å². The number of halogens is 1. The second-order valence-corrected chi connectivity index (χ2v) is 7.93. The third kappa shape index (κ3) is 4.59. The summed E-state index contributed by atoms with van der Waals surface area (Å²) >= 11 is 6.16. The summed E-state index contributed by atoms with van der Waals surface area (Å²) in [6.45, 7) is 1.25. The van der Waals surface area contributed by atoms with E-state index in [-0.39, 0.29) is 17.6 Å². The van der Waals surface area contributed by atoms with E-state index in [9.17, 15) is 9.59 Å². The molecule has 0 radical (unpaired) electrons. The van der Waals surface area contributed by atoms with Crippen LogP contribution in [0.25, 0.3) is 5.69 Å². The summed E-state index contributed by atoms with van der Waals surface area (Å²) in [5.74, 6) is 1.39. The number of nitrogens with one attached hydrogen (secondary N) is 2. The van der Waals surface area contributed by atoms with Gasteiger partial charge in [-0.2, -0.15) is 5.10 Å². The van der Waals surface area contributed by atoms with E-state index in [1.54, 1.807) is 34.8 Å². The lowest BCUT2D eigenvalue weighted by Crippen LogP contribution is -2.43. The summed E-state index contributed by atoms with van der Waals surface area (Å²) < 4.78 is 6.95. The van der Waals surface area contributed by atoms with Gasteiger partial charge in [0.2, 0.25) is 0 Å². The van der Waals surface area contributed by atoms with Crippen LogP contribution in [-0.2, 0) is 6.42 Å². The first-order valence-electron chi connectivity index (χ1n) is 10.2. The minimum atomic E-state index is -0.316. The number of likely N-dealkylation sites (tertiary alicyclic amines) is 1. The number of amides is 2. The Balaban J connectivity index is 1.49. The highest BCUT2D eigenvalue weighted by molar-refractivity contribution is 6.33. The van der Waals surface area contributed by atoms with Crippen LogP contribution in [0.2, 0.25) is 5.02 Å². The van der Waals surface area contributed by atoms with Crippen molar-refractivity contribution < 1.29 is 9.53 Å². The predicted octanol–water partition coefficient (Wildman–Crippen LogP) is 3.71. The molecule has 4 rings (SSSR count). The fourth-order valence-electron chi connectivity index (χ4n) is 3.96. The molecule has 1 saturated heterocycles. The zero-order chi connectivity index (χ0) is 21.8. The molecular weight excluding hydrogens is 418 g/mol. The molecule has 162 valence electrons. The zero-order valence-corrected chi connectivity index (χ0v) is 17.9. The molecule has 0 saturated carbocycles. The van der Waals surface area contributed by atoms with Gasteiger partial charge < -0.3 is 15.0 Å². The standard InChI is InChI=1S/C22H24ClN5O3/c1-31-19-11-5-4-10-18(19)28-20(25-26-22(28)30)13-15-7-6-12-27(14-15)21(29)24-17-9-3-2-8-16(17)23/h2-5,8-11,15H,6-7,12-14H2,1H3,(H,24,29)(H,26,30)/t15-/m0/s1. The lowest BCUT2D eigenvalue weighted by atomic mass is 9.94. The molecule has 2 aromatic carbocycles. The number of ether oxygens (including phenoxy) is 1. The second kappa shape index (κ2) is 9.26. The first kappa shape index (κ1) is 21.0. The van der Waals surface area contributed by atoms with E-state index in [2.05, 4.69) is 15.5 Å². The van der Waals surface area contributed by atoms with E-state index in [1.165, 1.54) is 0 Å². The highest BCUT2D eigenvalue weighted by atomic mass is 35.5.